The van der Waals surface area contributed by atoms with Crippen molar-refractivity contribution in [1.82, 2.24) is 10.6 Å². The summed E-state index contributed by atoms with van der Waals surface area (Å²) in [5.41, 5.74) is 6.78. The predicted octanol–water partition coefficient (Wildman–Crippen LogP) is -0.0610. The number of halogens is 1. The zero-order valence-corrected chi connectivity index (χ0v) is 13.0. The van der Waals surface area contributed by atoms with Crippen LogP contribution in [0.4, 0.5) is 0 Å². The highest BCUT2D eigenvalue weighted by Gasteiger charge is 2.31. The van der Waals surface area contributed by atoms with Crippen molar-refractivity contribution in [3.63, 3.8) is 0 Å². The first-order valence-corrected chi connectivity index (χ1v) is 7.11. The molecule has 1 saturated heterocycles. The van der Waals surface area contributed by atoms with E-state index in [1.165, 1.54) is 0 Å². The Hall–Kier alpha value is -1.63. The first kappa shape index (κ1) is 18.4. The molecule has 3 unspecified atom stereocenters. The van der Waals surface area contributed by atoms with Crippen LogP contribution in [0.5, 0.6) is 0 Å². The average molecular weight is 328 g/mol. The second-order valence-corrected chi connectivity index (χ2v) is 5.32. The third kappa shape index (κ3) is 4.98. The van der Waals surface area contributed by atoms with E-state index in [0.717, 1.165) is 5.56 Å². The van der Waals surface area contributed by atoms with Crippen LogP contribution >= 0.6 is 12.4 Å². The topological polar surface area (TPSA) is 104 Å². The molecule has 1 aromatic carbocycles. The summed E-state index contributed by atoms with van der Waals surface area (Å²) in [6, 6.07) is 8.67. The Labute approximate surface area is 135 Å². The fraction of sp³-hybridized carbons (Fsp3) is 0.467. The van der Waals surface area contributed by atoms with Crippen LogP contribution in [0.2, 0.25) is 0 Å². The van der Waals surface area contributed by atoms with Gasteiger partial charge in [0.25, 0.3) is 5.91 Å². The first-order valence-electron chi connectivity index (χ1n) is 7.11. The number of nitrogens with one attached hydrogen (secondary N) is 2. The number of nitrogens with two attached hydrogens (primary N) is 1. The van der Waals surface area contributed by atoms with Gasteiger partial charge in [0.15, 0.2) is 0 Å². The van der Waals surface area contributed by atoms with Crippen molar-refractivity contribution in [2.45, 2.75) is 31.5 Å². The number of rotatable bonds is 6. The van der Waals surface area contributed by atoms with E-state index in [4.69, 9.17) is 5.73 Å². The zero-order chi connectivity index (χ0) is 15.2. The van der Waals surface area contributed by atoms with E-state index in [9.17, 15) is 14.7 Å². The van der Waals surface area contributed by atoms with Crippen molar-refractivity contribution in [3.8, 4) is 0 Å². The molecule has 122 valence electrons. The monoisotopic (exact) mass is 327 g/mol. The molecule has 22 heavy (non-hydrogen) atoms. The number of amides is 2. The highest BCUT2D eigenvalue weighted by atomic mass is 35.5. The van der Waals surface area contributed by atoms with Gasteiger partial charge in [-0.25, -0.2) is 0 Å². The van der Waals surface area contributed by atoms with Gasteiger partial charge in [-0.1, -0.05) is 30.3 Å². The van der Waals surface area contributed by atoms with Crippen LogP contribution in [-0.4, -0.2) is 35.6 Å². The molecule has 0 spiro atoms. The van der Waals surface area contributed by atoms with E-state index >= 15 is 0 Å². The molecule has 2 amide bonds. The quantitative estimate of drug-likeness (QED) is 0.587. The standard InChI is InChI=1S/C15H21N3O3.ClH/c16-12(8-11-6-7-17-14(11)20)13(19)15(21)18-9-10-4-2-1-3-5-10;/h1-5,11-13,19H,6-9,16H2,(H,17,20)(H,18,21);1H. The van der Waals surface area contributed by atoms with Crippen LogP contribution in [0.25, 0.3) is 0 Å². The number of aliphatic hydroxyl groups is 1. The van der Waals surface area contributed by atoms with E-state index in [-0.39, 0.29) is 24.2 Å². The molecular weight excluding hydrogens is 306 g/mol. The number of carbonyl (C=O) groups is 2. The Morgan fingerprint density at radius 1 is 1.41 bits per heavy atom. The van der Waals surface area contributed by atoms with Crippen LogP contribution < -0.4 is 16.4 Å². The van der Waals surface area contributed by atoms with E-state index in [2.05, 4.69) is 10.6 Å². The number of hydrogen-bond donors (Lipinski definition) is 4. The molecule has 2 rings (SSSR count). The highest BCUT2D eigenvalue weighted by Crippen LogP contribution is 2.16. The molecule has 0 aromatic heterocycles. The van der Waals surface area contributed by atoms with Crippen LogP contribution in [-0.2, 0) is 16.1 Å². The van der Waals surface area contributed by atoms with Crippen molar-refractivity contribution >= 4 is 24.2 Å². The second-order valence-electron chi connectivity index (χ2n) is 5.32. The Morgan fingerprint density at radius 3 is 2.68 bits per heavy atom. The predicted molar refractivity (Wildman–Crippen MR) is 85.3 cm³/mol. The summed E-state index contributed by atoms with van der Waals surface area (Å²) in [6.07, 6.45) is -0.293. The first-order chi connectivity index (χ1) is 10.1. The molecule has 1 aliphatic heterocycles. The third-order valence-electron chi connectivity index (χ3n) is 3.70. The lowest BCUT2D eigenvalue weighted by Crippen LogP contribution is -2.47. The van der Waals surface area contributed by atoms with Gasteiger partial charge in [-0.15, -0.1) is 12.4 Å². The summed E-state index contributed by atoms with van der Waals surface area (Å²) < 4.78 is 0. The fourth-order valence-electron chi connectivity index (χ4n) is 2.41. The van der Waals surface area contributed by atoms with Gasteiger partial charge in [-0.05, 0) is 18.4 Å². The normalized spacial score (nSPS) is 19.7. The molecule has 1 aliphatic rings. The highest BCUT2D eigenvalue weighted by molar-refractivity contribution is 5.85. The van der Waals surface area contributed by atoms with Crippen molar-refractivity contribution in [3.05, 3.63) is 35.9 Å². The SMILES string of the molecule is Cl.NC(CC1CCNC1=O)C(O)C(=O)NCc1ccccc1. The lowest BCUT2D eigenvalue weighted by atomic mass is 9.95. The molecule has 0 bridgehead atoms. The summed E-state index contributed by atoms with van der Waals surface area (Å²) >= 11 is 0. The fourth-order valence-corrected chi connectivity index (χ4v) is 2.41. The lowest BCUT2D eigenvalue weighted by Gasteiger charge is -2.20. The number of aliphatic hydroxyl groups excluding tert-OH is 1. The van der Waals surface area contributed by atoms with Crippen LogP contribution in [0.1, 0.15) is 18.4 Å². The summed E-state index contributed by atoms with van der Waals surface area (Å²) in [5.74, 6) is -0.774. The van der Waals surface area contributed by atoms with E-state index in [1.807, 2.05) is 30.3 Å². The molecule has 0 saturated carbocycles. The summed E-state index contributed by atoms with van der Waals surface area (Å²) in [4.78, 5) is 23.3. The Morgan fingerprint density at radius 2 is 2.09 bits per heavy atom. The van der Waals surface area contributed by atoms with Gasteiger partial charge in [-0.2, -0.15) is 0 Å². The minimum atomic E-state index is -1.30. The van der Waals surface area contributed by atoms with Gasteiger partial charge in [0.05, 0.1) is 0 Å². The Balaban J connectivity index is 0.00000242. The molecule has 7 heteroatoms. The molecule has 3 atom stereocenters. The smallest absolute Gasteiger partial charge is 0.250 e. The molecule has 0 radical (unpaired) electrons. The van der Waals surface area contributed by atoms with Gasteiger partial charge in [0.1, 0.15) is 6.10 Å². The lowest BCUT2D eigenvalue weighted by molar-refractivity contribution is -0.131. The minimum Gasteiger partial charge on any atom is -0.382 e. The molecule has 1 fully saturated rings. The Bertz CT molecular complexity index is 498. The summed E-state index contributed by atoms with van der Waals surface area (Å²) in [7, 11) is 0. The van der Waals surface area contributed by atoms with Crippen molar-refractivity contribution in [2.75, 3.05) is 6.54 Å². The van der Waals surface area contributed by atoms with Crippen LogP contribution in [0, 0.1) is 5.92 Å². The molecular formula is C15H22ClN3O3. The maximum absolute atomic E-state index is 11.9. The van der Waals surface area contributed by atoms with E-state index < -0.39 is 18.1 Å². The van der Waals surface area contributed by atoms with Crippen LogP contribution in [0.15, 0.2) is 30.3 Å². The maximum atomic E-state index is 11.9. The van der Waals surface area contributed by atoms with Crippen molar-refractivity contribution in [2.24, 2.45) is 11.7 Å². The maximum Gasteiger partial charge on any atom is 0.250 e. The number of benzene rings is 1. The van der Waals surface area contributed by atoms with Gasteiger partial charge in [0.2, 0.25) is 5.91 Å². The van der Waals surface area contributed by atoms with Gasteiger partial charge in [-0.3, -0.25) is 9.59 Å². The van der Waals surface area contributed by atoms with E-state index in [1.54, 1.807) is 0 Å². The van der Waals surface area contributed by atoms with Crippen molar-refractivity contribution in [1.29, 1.82) is 0 Å². The van der Waals surface area contributed by atoms with Crippen LogP contribution in [0.3, 0.4) is 0 Å². The summed E-state index contributed by atoms with van der Waals surface area (Å²) in [6.45, 7) is 0.972. The summed E-state index contributed by atoms with van der Waals surface area (Å²) in [5, 5.41) is 15.3. The minimum absolute atomic E-state index is 0. The van der Waals surface area contributed by atoms with Crippen molar-refractivity contribution < 1.29 is 14.7 Å². The number of hydrogen-bond acceptors (Lipinski definition) is 4. The zero-order valence-electron chi connectivity index (χ0n) is 12.2. The molecule has 0 aliphatic carbocycles. The van der Waals surface area contributed by atoms with Gasteiger partial charge < -0.3 is 21.5 Å². The van der Waals surface area contributed by atoms with Gasteiger partial charge >= 0.3 is 0 Å². The third-order valence-corrected chi connectivity index (χ3v) is 3.70. The van der Waals surface area contributed by atoms with E-state index in [0.29, 0.717) is 25.9 Å². The largest absolute Gasteiger partial charge is 0.382 e. The molecule has 5 N–H and O–H groups in total. The Kier molecular flexibility index (Phi) is 7.31. The molecule has 1 heterocycles. The second kappa shape index (κ2) is 8.73. The average Bonchev–Trinajstić information content (AvgIpc) is 2.90. The molecule has 1 aromatic rings. The molecule has 6 nitrogen and oxygen atoms in total. The number of carbonyl (C=O) groups excluding carboxylic acids is 2. The van der Waals surface area contributed by atoms with Gasteiger partial charge in [0, 0.05) is 25.0 Å².